The van der Waals surface area contributed by atoms with Gasteiger partial charge >= 0.3 is 0 Å². The van der Waals surface area contributed by atoms with E-state index < -0.39 is 0 Å². The van der Waals surface area contributed by atoms with Crippen molar-refractivity contribution >= 4 is 17.3 Å². The summed E-state index contributed by atoms with van der Waals surface area (Å²) >= 11 is 1.75. The van der Waals surface area contributed by atoms with Crippen LogP contribution in [0.3, 0.4) is 0 Å². The van der Waals surface area contributed by atoms with Crippen molar-refractivity contribution in [3.05, 3.63) is 16.1 Å². The number of thiazole rings is 1. The highest BCUT2D eigenvalue weighted by Crippen LogP contribution is 2.19. The Labute approximate surface area is 145 Å². The van der Waals surface area contributed by atoms with Gasteiger partial charge in [0.15, 0.2) is 5.96 Å². The van der Waals surface area contributed by atoms with Crippen molar-refractivity contribution in [2.24, 2.45) is 10.9 Å². The number of rotatable bonds is 10. The first-order valence-electron chi connectivity index (χ1n) is 8.49. The van der Waals surface area contributed by atoms with Crippen LogP contribution >= 0.6 is 11.3 Å². The van der Waals surface area contributed by atoms with E-state index in [0.29, 0.717) is 11.8 Å². The van der Waals surface area contributed by atoms with E-state index >= 15 is 0 Å². The van der Waals surface area contributed by atoms with Crippen LogP contribution in [0.25, 0.3) is 0 Å². The summed E-state index contributed by atoms with van der Waals surface area (Å²) in [7, 11) is 1.80. The standard InChI is InChI=1S/C17H32N4OS/c1-13(2)11-22-10-6-8-19-17(18-5)20-9-7-15-12-23-16(21-15)14(3)4/h12-14H,6-11H2,1-5H3,(H2,18,19,20). The molecular weight excluding hydrogens is 308 g/mol. The number of aliphatic imine (C=N–C) groups is 1. The highest BCUT2D eigenvalue weighted by atomic mass is 32.1. The van der Waals surface area contributed by atoms with E-state index in [-0.39, 0.29) is 0 Å². The van der Waals surface area contributed by atoms with Crippen LogP contribution in [0.4, 0.5) is 0 Å². The Hall–Kier alpha value is -1.14. The Bertz CT molecular complexity index is 457. The van der Waals surface area contributed by atoms with Crippen LogP contribution in [0.5, 0.6) is 0 Å². The fourth-order valence-corrected chi connectivity index (χ4v) is 2.80. The zero-order valence-corrected chi connectivity index (χ0v) is 16.0. The molecule has 0 saturated carbocycles. The average Bonchev–Trinajstić information content (AvgIpc) is 2.97. The summed E-state index contributed by atoms with van der Waals surface area (Å²) in [6.07, 6.45) is 1.90. The maximum Gasteiger partial charge on any atom is 0.190 e. The highest BCUT2D eigenvalue weighted by Gasteiger charge is 2.05. The van der Waals surface area contributed by atoms with Crippen molar-refractivity contribution in [1.29, 1.82) is 0 Å². The molecule has 0 saturated heterocycles. The van der Waals surface area contributed by atoms with Gasteiger partial charge in [-0.1, -0.05) is 27.7 Å². The molecule has 5 nitrogen and oxygen atoms in total. The highest BCUT2D eigenvalue weighted by molar-refractivity contribution is 7.09. The third kappa shape index (κ3) is 8.91. The number of hydrogen-bond donors (Lipinski definition) is 2. The molecule has 0 aliphatic heterocycles. The molecule has 0 atom stereocenters. The van der Waals surface area contributed by atoms with Gasteiger partial charge in [0.05, 0.1) is 10.7 Å². The predicted octanol–water partition coefficient (Wildman–Crippen LogP) is 3.04. The average molecular weight is 341 g/mol. The van der Waals surface area contributed by atoms with Crippen molar-refractivity contribution in [3.8, 4) is 0 Å². The monoisotopic (exact) mass is 340 g/mol. The van der Waals surface area contributed by atoms with Gasteiger partial charge in [-0.15, -0.1) is 11.3 Å². The van der Waals surface area contributed by atoms with Crippen LogP contribution in [-0.2, 0) is 11.2 Å². The van der Waals surface area contributed by atoms with E-state index in [2.05, 4.69) is 53.7 Å². The third-order valence-corrected chi connectivity index (χ3v) is 4.36. The maximum absolute atomic E-state index is 5.56. The molecule has 1 rings (SSSR count). The summed E-state index contributed by atoms with van der Waals surface area (Å²) in [5.74, 6) is 1.95. The second-order valence-electron chi connectivity index (χ2n) is 6.33. The number of ether oxygens (including phenoxy) is 1. The first-order chi connectivity index (χ1) is 11.0. The lowest BCUT2D eigenvalue weighted by atomic mass is 10.2. The fourth-order valence-electron chi connectivity index (χ4n) is 1.93. The van der Waals surface area contributed by atoms with E-state index in [1.54, 1.807) is 18.4 Å². The molecule has 0 unspecified atom stereocenters. The molecule has 0 fully saturated rings. The first kappa shape index (κ1) is 19.9. The second-order valence-corrected chi connectivity index (χ2v) is 7.22. The molecule has 1 heterocycles. The molecule has 132 valence electrons. The molecule has 0 spiro atoms. The predicted molar refractivity (Wildman–Crippen MR) is 99.5 cm³/mol. The summed E-state index contributed by atoms with van der Waals surface area (Å²) in [6, 6.07) is 0. The van der Waals surface area contributed by atoms with Crippen molar-refractivity contribution in [2.75, 3.05) is 33.4 Å². The zero-order chi connectivity index (χ0) is 17.1. The molecule has 0 aliphatic rings. The minimum absolute atomic E-state index is 0.508. The molecule has 23 heavy (non-hydrogen) atoms. The Kier molecular flexibility index (Phi) is 9.87. The molecule has 0 aliphatic carbocycles. The second kappa shape index (κ2) is 11.4. The summed E-state index contributed by atoms with van der Waals surface area (Å²) < 4.78 is 5.56. The quantitative estimate of drug-likeness (QED) is 0.390. The lowest BCUT2D eigenvalue weighted by Crippen LogP contribution is -2.39. The molecule has 2 N–H and O–H groups in total. The van der Waals surface area contributed by atoms with Crippen molar-refractivity contribution in [3.63, 3.8) is 0 Å². The molecule has 6 heteroatoms. The Balaban J connectivity index is 2.14. The van der Waals surface area contributed by atoms with Crippen LogP contribution in [-0.4, -0.2) is 44.3 Å². The smallest absolute Gasteiger partial charge is 0.190 e. The van der Waals surface area contributed by atoms with Crippen LogP contribution in [0.1, 0.15) is 50.7 Å². The largest absolute Gasteiger partial charge is 0.381 e. The maximum atomic E-state index is 5.56. The normalized spacial score (nSPS) is 12.2. The van der Waals surface area contributed by atoms with Crippen LogP contribution in [0, 0.1) is 5.92 Å². The SMILES string of the molecule is CN=C(NCCCOCC(C)C)NCCc1csc(C(C)C)n1. The number of nitrogens with zero attached hydrogens (tertiary/aromatic N) is 2. The molecule has 1 aromatic rings. The molecule has 0 radical (unpaired) electrons. The molecule has 0 amide bonds. The van der Waals surface area contributed by atoms with Crippen LogP contribution in [0.15, 0.2) is 10.4 Å². The Morgan fingerprint density at radius 3 is 2.61 bits per heavy atom. The number of nitrogens with one attached hydrogen (secondary N) is 2. The van der Waals surface area contributed by atoms with E-state index in [0.717, 1.165) is 50.8 Å². The van der Waals surface area contributed by atoms with Gasteiger partial charge in [-0.3, -0.25) is 4.99 Å². The molecule has 0 bridgehead atoms. The van der Waals surface area contributed by atoms with E-state index in [1.165, 1.54) is 5.01 Å². The van der Waals surface area contributed by atoms with Crippen molar-refractivity contribution in [2.45, 2.75) is 46.5 Å². The Morgan fingerprint density at radius 2 is 2.00 bits per heavy atom. The van der Waals surface area contributed by atoms with Crippen LogP contribution in [0.2, 0.25) is 0 Å². The van der Waals surface area contributed by atoms with Gasteiger partial charge in [0.25, 0.3) is 0 Å². The van der Waals surface area contributed by atoms with Gasteiger partial charge in [-0.25, -0.2) is 4.98 Å². The van der Waals surface area contributed by atoms with Crippen molar-refractivity contribution in [1.82, 2.24) is 15.6 Å². The van der Waals surface area contributed by atoms with E-state index in [4.69, 9.17) is 4.74 Å². The van der Waals surface area contributed by atoms with Gasteiger partial charge in [0.1, 0.15) is 0 Å². The van der Waals surface area contributed by atoms with Gasteiger partial charge in [0.2, 0.25) is 0 Å². The van der Waals surface area contributed by atoms with Gasteiger partial charge < -0.3 is 15.4 Å². The van der Waals surface area contributed by atoms with E-state index in [1.807, 2.05) is 0 Å². The summed E-state index contributed by atoms with van der Waals surface area (Å²) in [6.45, 7) is 12.0. The van der Waals surface area contributed by atoms with Gasteiger partial charge in [0, 0.05) is 51.1 Å². The number of guanidine groups is 1. The van der Waals surface area contributed by atoms with Crippen molar-refractivity contribution < 1.29 is 4.74 Å². The molecular formula is C17H32N4OS. The summed E-state index contributed by atoms with van der Waals surface area (Å²) in [5.41, 5.74) is 1.16. The lowest BCUT2D eigenvalue weighted by molar-refractivity contribution is 0.108. The minimum atomic E-state index is 0.508. The zero-order valence-electron chi connectivity index (χ0n) is 15.2. The lowest BCUT2D eigenvalue weighted by Gasteiger charge is -2.12. The van der Waals surface area contributed by atoms with Crippen LogP contribution < -0.4 is 10.6 Å². The third-order valence-electron chi connectivity index (χ3n) is 3.17. The fraction of sp³-hybridized carbons (Fsp3) is 0.765. The van der Waals surface area contributed by atoms with Gasteiger partial charge in [-0.05, 0) is 12.3 Å². The van der Waals surface area contributed by atoms with Gasteiger partial charge in [-0.2, -0.15) is 0 Å². The van der Waals surface area contributed by atoms with E-state index in [9.17, 15) is 0 Å². The minimum Gasteiger partial charge on any atom is -0.381 e. The molecule has 0 aromatic carbocycles. The molecule has 1 aromatic heterocycles. The first-order valence-corrected chi connectivity index (χ1v) is 9.37. The number of aromatic nitrogens is 1. The number of hydrogen-bond acceptors (Lipinski definition) is 4. The summed E-state index contributed by atoms with van der Waals surface area (Å²) in [4.78, 5) is 8.88. The Morgan fingerprint density at radius 1 is 1.26 bits per heavy atom. The topological polar surface area (TPSA) is 58.5 Å². The summed E-state index contributed by atoms with van der Waals surface area (Å²) in [5, 5.41) is 10.0.